The molecular weight excluding hydrogens is 258 g/mol. The summed E-state index contributed by atoms with van der Waals surface area (Å²) in [5.74, 6) is 0. The molecule has 0 fully saturated rings. The van der Waals surface area contributed by atoms with Gasteiger partial charge in [-0.1, -0.05) is 25.5 Å². The molecule has 0 aliphatic heterocycles. The van der Waals surface area contributed by atoms with Crippen LogP contribution in [0.4, 0.5) is 0 Å². The molecule has 1 aromatic rings. The van der Waals surface area contributed by atoms with Crippen molar-refractivity contribution in [2.45, 2.75) is 54.0 Å². The van der Waals surface area contributed by atoms with Crippen molar-refractivity contribution in [3.8, 4) is 0 Å². The van der Waals surface area contributed by atoms with Crippen LogP contribution in [-0.2, 0) is 6.54 Å². The van der Waals surface area contributed by atoms with Gasteiger partial charge in [0, 0.05) is 17.2 Å². The van der Waals surface area contributed by atoms with Gasteiger partial charge in [0.05, 0.1) is 19.1 Å². The van der Waals surface area contributed by atoms with Crippen molar-refractivity contribution in [1.29, 1.82) is 0 Å². The molecule has 0 spiro atoms. The second kappa shape index (κ2) is 8.49. The average Bonchev–Trinajstić information content (AvgIpc) is 2.89. The van der Waals surface area contributed by atoms with E-state index in [1.807, 2.05) is 12.3 Å². The van der Waals surface area contributed by atoms with Gasteiger partial charge in [0.25, 0.3) is 0 Å². The standard InChI is InChI=1S/C19H27NO/c1-16(2)7-6-8-17(3)9-11-19(4,5)15-20-13-18-10-12-21-14-18/h7,10-12,14-15H,6,8,13H2,1-5H3. The van der Waals surface area contributed by atoms with Crippen LogP contribution in [0.2, 0.25) is 0 Å². The molecule has 1 heterocycles. The van der Waals surface area contributed by atoms with Crippen molar-refractivity contribution in [3.05, 3.63) is 53.2 Å². The summed E-state index contributed by atoms with van der Waals surface area (Å²) in [5.41, 5.74) is 7.06. The molecule has 2 heteroatoms. The summed E-state index contributed by atoms with van der Waals surface area (Å²) < 4.78 is 5.03. The second-order valence-corrected chi connectivity index (χ2v) is 6.31. The van der Waals surface area contributed by atoms with Crippen molar-refractivity contribution in [1.82, 2.24) is 0 Å². The Morgan fingerprint density at radius 1 is 1.33 bits per heavy atom. The van der Waals surface area contributed by atoms with Crippen LogP contribution in [0, 0.1) is 5.41 Å². The van der Waals surface area contributed by atoms with E-state index in [1.54, 1.807) is 12.5 Å². The van der Waals surface area contributed by atoms with Gasteiger partial charge < -0.3 is 4.42 Å². The Morgan fingerprint density at radius 3 is 2.71 bits per heavy atom. The summed E-state index contributed by atoms with van der Waals surface area (Å²) in [5, 5.41) is 0. The van der Waals surface area contributed by atoms with Crippen LogP contribution in [-0.4, -0.2) is 6.21 Å². The second-order valence-electron chi connectivity index (χ2n) is 6.31. The maximum absolute atomic E-state index is 5.03. The molecule has 0 aromatic carbocycles. The highest BCUT2D eigenvalue weighted by Gasteiger charge is 2.09. The monoisotopic (exact) mass is 285 g/mol. The Kier molecular flexibility index (Phi) is 6.98. The maximum Gasteiger partial charge on any atom is 0.0953 e. The van der Waals surface area contributed by atoms with Gasteiger partial charge in [0.15, 0.2) is 0 Å². The van der Waals surface area contributed by atoms with Gasteiger partial charge >= 0.3 is 0 Å². The zero-order valence-corrected chi connectivity index (χ0v) is 13.9. The normalized spacial score (nSPS) is 11.3. The van der Waals surface area contributed by atoms with E-state index in [0.717, 1.165) is 18.4 Å². The average molecular weight is 285 g/mol. The third kappa shape index (κ3) is 8.16. The predicted octanol–water partition coefficient (Wildman–Crippen LogP) is 5.72. The Bertz CT molecular complexity index is 534. The fraction of sp³-hybridized carbons (Fsp3) is 0.474. The highest BCUT2D eigenvalue weighted by Crippen LogP contribution is 2.15. The van der Waals surface area contributed by atoms with Crippen LogP contribution in [0.5, 0.6) is 0 Å². The first-order valence-corrected chi connectivity index (χ1v) is 7.48. The van der Waals surface area contributed by atoms with Gasteiger partial charge in [-0.25, -0.2) is 0 Å². The molecule has 0 bridgehead atoms. The van der Waals surface area contributed by atoms with Crippen LogP contribution in [0.1, 0.15) is 53.0 Å². The van der Waals surface area contributed by atoms with Crippen molar-refractivity contribution in [2.24, 2.45) is 10.4 Å². The molecule has 0 radical (unpaired) electrons. The number of allylic oxidation sites excluding steroid dienone is 3. The molecule has 1 rings (SSSR count). The number of furan rings is 1. The summed E-state index contributed by atoms with van der Waals surface area (Å²) in [6.45, 7) is 11.3. The first-order chi connectivity index (χ1) is 9.89. The zero-order chi connectivity index (χ0) is 15.7. The largest absolute Gasteiger partial charge is 0.472 e. The van der Waals surface area contributed by atoms with E-state index >= 15 is 0 Å². The number of hydrogen-bond acceptors (Lipinski definition) is 2. The zero-order valence-electron chi connectivity index (χ0n) is 13.9. The summed E-state index contributed by atoms with van der Waals surface area (Å²) in [6.07, 6.45) is 11.9. The fourth-order valence-corrected chi connectivity index (χ4v) is 1.76. The minimum Gasteiger partial charge on any atom is -0.472 e. The van der Waals surface area contributed by atoms with Crippen LogP contribution in [0.15, 0.2) is 57.0 Å². The summed E-state index contributed by atoms with van der Waals surface area (Å²) in [7, 11) is 0. The molecule has 21 heavy (non-hydrogen) atoms. The van der Waals surface area contributed by atoms with Crippen molar-refractivity contribution in [2.75, 3.05) is 0 Å². The quantitative estimate of drug-likeness (QED) is 0.357. The SMILES string of the molecule is CC(=C=CC(C)(C)C=NCc1ccoc1)CCC=C(C)C. The lowest BCUT2D eigenvalue weighted by Crippen LogP contribution is -2.08. The fourth-order valence-electron chi connectivity index (χ4n) is 1.76. The molecule has 0 aliphatic rings. The Labute approximate surface area is 129 Å². The van der Waals surface area contributed by atoms with Crippen LogP contribution in [0.3, 0.4) is 0 Å². The summed E-state index contributed by atoms with van der Waals surface area (Å²) in [6, 6.07) is 1.94. The Balaban J connectivity index is 2.54. The van der Waals surface area contributed by atoms with Crippen LogP contribution >= 0.6 is 0 Å². The first kappa shape index (κ1) is 17.3. The molecule has 1 aromatic heterocycles. The molecule has 0 unspecified atom stereocenters. The number of rotatable bonds is 7. The van der Waals surface area contributed by atoms with Crippen molar-refractivity contribution >= 4 is 6.21 Å². The molecule has 0 amide bonds. The van der Waals surface area contributed by atoms with E-state index < -0.39 is 0 Å². The lowest BCUT2D eigenvalue weighted by atomic mass is 9.95. The van der Waals surface area contributed by atoms with E-state index in [-0.39, 0.29) is 5.41 Å². The molecule has 114 valence electrons. The van der Waals surface area contributed by atoms with Crippen molar-refractivity contribution < 1.29 is 4.42 Å². The van der Waals surface area contributed by atoms with Gasteiger partial charge in [-0.05, 0) is 51.3 Å². The molecule has 0 saturated heterocycles. The van der Waals surface area contributed by atoms with Gasteiger partial charge in [0.2, 0.25) is 0 Å². The van der Waals surface area contributed by atoms with Gasteiger partial charge in [-0.3, -0.25) is 4.99 Å². The third-order valence-corrected chi connectivity index (χ3v) is 3.04. The topological polar surface area (TPSA) is 25.5 Å². The van der Waals surface area contributed by atoms with E-state index in [0.29, 0.717) is 6.54 Å². The van der Waals surface area contributed by atoms with E-state index in [9.17, 15) is 0 Å². The molecule has 0 aliphatic carbocycles. The minimum absolute atomic E-state index is 0.0818. The number of hydrogen-bond donors (Lipinski definition) is 0. The van der Waals surface area contributed by atoms with E-state index in [4.69, 9.17) is 4.42 Å². The highest BCUT2D eigenvalue weighted by atomic mass is 16.3. The highest BCUT2D eigenvalue weighted by molar-refractivity contribution is 5.67. The van der Waals surface area contributed by atoms with Crippen LogP contribution < -0.4 is 0 Å². The minimum atomic E-state index is -0.0818. The van der Waals surface area contributed by atoms with Crippen molar-refractivity contribution in [3.63, 3.8) is 0 Å². The number of nitrogens with zero attached hydrogens (tertiary/aromatic N) is 1. The molecule has 2 nitrogen and oxygen atoms in total. The van der Waals surface area contributed by atoms with E-state index in [1.165, 1.54) is 11.1 Å². The lowest BCUT2D eigenvalue weighted by molar-refractivity contribution is 0.564. The smallest absolute Gasteiger partial charge is 0.0953 e. The predicted molar refractivity (Wildman–Crippen MR) is 90.6 cm³/mol. The summed E-state index contributed by atoms with van der Waals surface area (Å²) in [4.78, 5) is 4.47. The van der Waals surface area contributed by atoms with Gasteiger partial charge in [-0.2, -0.15) is 0 Å². The van der Waals surface area contributed by atoms with Crippen LogP contribution in [0.25, 0.3) is 0 Å². The number of aliphatic imine (C=N–C) groups is 1. The van der Waals surface area contributed by atoms with Gasteiger partial charge in [0.1, 0.15) is 0 Å². The molecule has 0 N–H and O–H groups in total. The van der Waals surface area contributed by atoms with E-state index in [2.05, 4.69) is 57.5 Å². The summed E-state index contributed by atoms with van der Waals surface area (Å²) >= 11 is 0. The Morgan fingerprint density at radius 2 is 2.10 bits per heavy atom. The lowest BCUT2D eigenvalue weighted by Gasteiger charge is -2.11. The third-order valence-electron chi connectivity index (χ3n) is 3.04. The molecule has 0 saturated carbocycles. The first-order valence-electron chi connectivity index (χ1n) is 7.48. The van der Waals surface area contributed by atoms with Gasteiger partial charge in [-0.15, -0.1) is 5.73 Å². The Hall–Kier alpha value is -1.79. The maximum atomic E-state index is 5.03. The molecule has 0 atom stereocenters. The molecular formula is C19H27NO.